The first kappa shape index (κ1) is 14.0. The lowest BCUT2D eigenvalue weighted by Crippen LogP contribution is -2.36. The van der Waals surface area contributed by atoms with E-state index < -0.39 is 5.82 Å². The summed E-state index contributed by atoms with van der Waals surface area (Å²) in [6, 6.07) is 6.06. The van der Waals surface area contributed by atoms with E-state index in [1.807, 2.05) is 0 Å². The molecule has 104 valence electrons. The van der Waals surface area contributed by atoms with Gasteiger partial charge >= 0.3 is 0 Å². The minimum Gasteiger partial charge on any atom is -0.392 e. The Bertz CT molecular complexity index is 449. The van der Waals surface area contributed by atoms with E-state index in [0.29, 0.717) is 12.5 Å². The molecule has 1 atom stereocenters. The number of anilines is 1. The molecule has 1 saturated carbocycles. The predicted octanol–water partition coefficient (Wildman–Crippen LogP) is 1.47. The van der Waals surface area contributed by atoms with Gasteiger partial charge in [0.2, 0.25) is 5.91 Å². The average Bonchev–Trinajstić information content (AvgIpc) is 3.15. The van der Waals surface area contributed by atoms with Crippen molar-refractivity contribution in [1.82, 2.24) is 4.90 Å². The third kappa shape index (κ3) is 4.29. The van der Waals surface area contributed by atoms with Crippen molar-refractivity contribution in [3.8, 4) is 0 Å². The van der Waals surface area contributed by atoms with Crippen LogP contribution in [0.4, 0.5) is 10.1 Å². The highest BCUT2D eigenvalue weighted by atomic mass is 19.1. The van der Waals surface area contributed by atoms with E-state index in [1.165, 1.54) is 12.1 Å². The number of aliphatic hydroxyl groups excluding tert-OH is 1. The van der Waals surface area contributed by atoms with Gasteiger partial charge in [-0.3, -0.25) is 9.69 Å². The second-order valence-corrected chi connectivity index (χ2v) is 5.13. The molecule has 1 unspecified atom stereocenters. The number of hydrogen-bond acceptors (Lipinski definition) is 3. The van der Waals surface area contributed by atoms with Crippen LogP contribution in [0.5, 0.6) is 0 Å². The van der Waals surface area contributed by atoms with Crippen molar-refractivity contribution >= 4 is 11.6 Å². The summed E-state index contributed by atoms with van der Waals surface area (Å²) in [6.45, 7) is 0.605. The van der Waals surface area contributed by atoms with E-state index in [4.69, 9.17) is 0 Å². The lowest BCUT2D eigenvalue weighted by Gasteiger charge is -2.19. The number of amides is 1. The normalized spacial score (nSPS) is 16.4. The third-order valence-corrected chi connectivity index (χ3v) is 3.23. The van der Waals surface area contributed by atoms with Gasteiger partial charge in [0, 0.05) is 6.54 Å². The van der Waals surface area contributed by atoms with Crippen molar-refractivity contribution in [3.63, 3.8) is 0 Å². The summed E-state index contributed by atoms with van der Waals surface area (Å²) in [4.78, 5) is 13.5. The van der Waals surface area contributed by atoms with Crippen LogP contribution in [-0.4, -0.2) is 42.2 Å². The SMILES string of the molecule is CN(CC(=O)Nc1ccccc1F)CC(O)C1CC1. The van der Waals surface area contributed by atoms with Crippen molar-refractivity contribution < 1.29 is 14.3 Å². The van der Waals surface area contributed by atoms with Gasteiger partial charge in [-0.2, -0.15) is 0 Å². The van der Waals surface area contributed by atoms with Gasteiger partial charge in [0.15, 0.2) is 0 Å². The van der Waals surface area contributed by atoms with E-state index in [1.54, 1.807) is 24.1 Å². The Balaban J connectivity index is 1.78. The summed E-state index contributed by atoms with van der Waals surface area (Å²) >= 11 is 0. The van der Waals surface area contributed by atoms with Crippen molar-refractivity contribution in [2.45, 2.75) is 18.9 Å². The van der Waals surface area contributed by atoms with E-state index in [9.17, 15) is 14.3 Å². The van der Waals surface area contributed by atoms with Crippen LogP contribution in [0, 0.1) is 11.7 Å². The third-order valence-electron chi connectivity index (χ3n) is 3.23. The van der Waals surface area contributed by atoms with E-state index in [-0.39, 0.29) is 24.2 Å². The highest BCUT2D eigenvalue weighted by molar-refractivity contribution is 5.92. The molecule has 0 radical (unpaired) electrons. The molecule has 1 fully saturated rings. The van der Waals surface area contributed by atoms with Crippen molar-refractivity contribution in [1.29, 1.82) is 0 Å². The molecule has 0 aliphatic heterocycles. The zero-order valence-corrected chi connectivity index (χ0v) is 11.0. The van der Waals surface area contributed by atoms with Gasteiger partial charge in [-0.1, -0.05) is 12.1 Å². The van der Waals surface area contributed by atoms with E-state index in [0.717, 1.165) is 12.8 Å². The predicted molar refractivity (Wildman–Crippen MR) is 71.3 cm³/mol. The number of halogens is 1. The van der Waals surface area contributed by atoms with Crippen LogP contribution in [0.15, 0.2) is 24.3 Å². The molecule has 0 heterocycles. The molecule has 1 aromatic carbocycles. The van der Waals surface area contributed by atoms with Gasteiger partial charge in [0.05, 0.1) is 18.3 Å². The first-order valence-electron chi connectivity index (χ1n) is 6.47. The second kappa shape index (κ2) is 6.12. The minimum atomic E-state index is -0.448. The molecule has 0 bridgehead atoms. The number of hydrogen-bond donors (Lipinski definition) is 2. The molecule has 1 aromatic rings. The molecular weight excluding hydrogens is 247 g/mol. The Labute approximate surface area is 112 Å². The molecule has 0 spiro atoms. The number of nitrogens with zero attached hydrogens (tertiary/aromatic N) is 1. The van der Waals surface area contributed by atoms with Crippen LogP contribution in [0.2, 0.25) is 0 Å². The van der Waals surface area contributed by atoms with Crippen molar-refractivity contribution in [3.05, 3.63) is 30.1 Å². The summed E-state index contributed by atoms with van der Waals surface area (Å²) in [7, 11) is 1.77. The molecule has 2 rings (SSSR count). The van der Waals surface area contributed by atoms with Crippen LogP contribution in [0.25, 0.3) is 0 Å². The van der Waals surface area contributed by atoms with Gasteiger partial charge in [0.25, 0.3) is 0 Å². The Kier molecular flexibility index (Phi) is 4.50. The zero-order chi connectivity index (χ0) is 13.8. The maximum atomic E-state index is 13.3. The Morgan fingerprint density at radius 3 is 2.84 bits per heavy atom. The molecule has 19 heavy (non-hydrogen) atoms. The molecule has 5 heteroatoms. The van der Waals surface area contributed by atoms with Gasteiger partial charge < -0.3 is 10.4 Å². The summed E-state index contributed by atoms with van der Waals surface area (Å²) in [5.41, 5.74) is 0.184. The number of benzene rings is 1. The number of aliphatic hydroxyl groups is 1. The fourth-order valence-corrected chi connectivity index (χ4v) is 2.01. The highest BCUT2D eigenvalue weighted by Crippen LogP contribution is 2.32. The topological polar surface area (TPSA) is 52.6 Å². The number of nitrogens with one attached hydrogen (secondary N) is 1. The van der Waals surface area contributed by atoms with E-state index in [2.05, 4.69) is 5.32 Å². The van der Waals surface area contributed by atoms with Gasteiger partial charge in [-0.05, 0) is 37.9 Å². The van der Waals surface area contributed by atoms with Crippen LogP contribution in [-0.2, 0) is 4.79 Å². The van der Waals surface area contributed by atoms with Gasteiger partial charge in [-0.15, -0.1) is 0 Å². The lowest BCUT2D eigenvalue weighted by molar-refractivity contribution is -0.117. The maximum Gasteiger partial charge on any atom is 0.238 e. The van der Waals surface area contributed by atoms with Crippen LogP contribution in [0.3, 0.4) is 0 Å². The Hall–Kier alpha value is -1.46. The fourth-order valence-electron chi connectivity index (χ4n) is 2.01. The monoisotopic (exact) mass is 266 g/mol. The first-order valence-corrected chi connectivity index (χ1v) is 6.47. The second-order valence-electron chi connectivity index (χ2n) is 5.13. The van der Waals surface area contributed by atoms with Crippen LogP contribution < -0.4 is 5.32 Å². The average molecular weight is 266 g/mol. The number of rotatable bonds is 6. The molecule has 1 aliphatic rings. The number of para-hydroxylation sites is 1. The van der Waals surface area contributed by atoms with E-state index >= 15 is 0 Å². The zero-order valence-electron chi connectivity index (χ0n) is 11.0. The quantitative estimate of drug-likeness (QED) is 0.819. The fraction of sp³-hybridized carbons (Fsp3) is 0.500. The smallest absolute Gasteiger partial charge is 0.238 e. The maximum absolute atomic E-state index is 13.3. The number of carbonyl (C=O) groups excluding carboxylic acids is 1. The number of carbonyl (C=O) groups is 1. The molecule has 4 nitrogen and oxygen atoms in total. The summed E-state index contributed by atoms with van der Waals surface area (Å²) < 4.78 is 13.3. The molecule has 0 saturated heterocycles. The summed E-state index contributed by atoms with van der Waals surface area (Å²) in [5.74, 6) is -0.343. The van der Waals surface area contributed by atoms with Gasteiger partial charge in [0.1, 0.15) is 5.82 Å². The van der Waals surface area contributed by atoms with Crippen molar-refractivity contribution in [2.75, 3.05) is 25.5 Å². The lowest BCUT2D eigenvalue weighted by atomic mass is 10.2. The summed E-state index contributed by atoms with van der Waals surface area (Å²) in [6.07, 6.45) is 1.76. The molecule has 2 N–H and O–H groups in total. The molecule has 0 aromatic heterocycles. The molecular formula is C14H19FN2O2. The standard InChI is InChI=1S/C14H19FN2O2/c1-17(8-13(18)10-6-7-10)9-14(19)16-12-5-3-2-4-11(12)15/h2-5,10,13,18H,6-9H2,1H3,(H,16,19). The largest absolute Gasteiger partial charge is 0.392 e. The minimum absolute atomic E-state index is 0.137. The Morgan fingerprint density at radius 2 is 2.21 bits per heavy atom. The Morgan fingerprint density at radius 1 is 1.53 bits per heavy atom. The summed E-state index contributed by atoms with van der Waals surface area (Å²) in [5, 5.41) is 12.3. The molecule has 1 aliphatic carbocycles. The molecule has 1 amide bonds. The van der Waals surface area contributed by atoms with Crippen molar-refractivity contribution in [2.24, 2.45) is 5.92 Å². The number of likely N-dealkylation sites (N-methyl/N-ethyl adjacent to an activating group) is 1. The first-order chi connectivity index (χ1) is 9.06. The van der Waals surface area contributed by atoms with Crippen LogP contribution >= 0.6 is 0 Å². The van der Waals surface area contributed by atoms with Crippen LogP contribution in [0.1, 0.15) is 12.8 Å². The highest BCUT2D eigenvalue weighted by Gasteiger charge is 2.30. The van der Waals surface area contributed by atoms with Gasteiger partial charge in [-0.25, -0.2) is 4.39 Å².